The second kappa shape index (κ2) is 7.22. The van der Waals surface area contributed by atoms with Gasteiger partial charge in [-0.25, -0.2) is 4.39 Å². The number of hydrogen-bond donors (Lipinski definition) is 0. The number of hydrogen-bond acceptors (Lipinski definition) is 4. The van der Waals surface area contributed by atoms with Gasteiger partial charge >= 0.3 is 0 Å². The summed E-state index contributed by atoms with van der Waals surface area (Å²) < 4.78 is 19.2. The molecule has 1 saturated heterocycles. The van der Waals surface area contributed by atoms with Crippen molar-refractivity contribution in [1.29, 1.82) is 5.26 Å². The summed E-state index contributed by atoms with van der Waals surface area (Å²) in [5.41, 5.74) is 1.38. The van der Waals surface area contributed by atoms with E-state index in [0.717, 1.165) is 0 Å². The molecule has 1 fully saturated rings. The number of amides is 1. The fraction of sp³-hybridized carbons (Fsp3) is 0.263. The first-order valence-corrected chi connectivity index (χ1v) is 8.00. The number of carbonyl (C=O) groups excluding carboxylic acids is 1. The number of anilines is 1. The second-order valence-corrected chi connectivity index (χ2v) is 5.79. The van der Waals surface area contributed by atoms with Crippen LogP contribution in [0.4, 0.5) is 10.1 Å². The number of rotatable bonds is 3. The molecule has 0 aliphatic carbocycles. The largest absolute Gasteiger partial charge is 0.497 e. The van der Waals surface area contributed by atoms with Gasteiger partial charge in [0.2, 0.25) is 0 Å². The van der Waals surface area contributed by atoms with Crippen molar-refractivity contribution in [3.63, 3.8) is 0 Å². The summed E-state index contributed by atoms with van der Waals surface area (Å²) >= 11 is 0. The minimum atomic E-state index is -0.408. The quantitative estimate of drug-likeness (QED) is 0.863. The maximum Gasteiger partial charge on any atom is 0.253 e. The molecule has 1 heterocycles. The Hall–Kier alpha value is -3.07. The van der Waals surface area contributed by atoms with Gasteiger partial charge in [0, 0.05) is 31.7 Å². The third kappa shape index (κ3) is 3.56. The monoisotopic (exact) mass is 339 g/mol. The van der Waals surface area contributed by atoms with E-state index in [4.69, 9.17) is 10.00 Å². The van der Waals surface area contributed by atoms with Crippen molar-refractivity contribution in [1.82, 2.24) is 4.90 Å². The smallest absolute Gasteiger partial charge is 0.253 e. The summed E-state index contributed by atoms with van der Waals surface area (Å²) in [7, 11) is 1.58. The highest BCUT2D eigenvalue weighted by Gasteiger charge is 2.23. The van der Waals surface area contributed by atoms with Crippen LogP contribution in [0.15, 0.2) is 42.5 Å². The van der Waals surface area contributed by atoms with Crippen LogP contribution in [-0.4, -0.2) is 44.1 Å². The van der Waals surface area contributed by atoms with E-state index < -0.39 is 5.82 Å². The molecule has 1 amide bonds. The fourth-order valence-corrected chi connectivity index (χ4v) is 2.90. The molecular formula is C19H18FN3O2. The Morgan fingerprint density at radius 2 is 1.80 bits per heavy atom. The third-order valence-corrected chi connectivity index (χ3v) is 4.32. The Morgan fingerprint density at radius 3 is 2.36 bits per heavy atom. The first-order valence-electron chi connectivity index (χ1n) is 8.00. The van der Waals surface area contributed by atoms with Crippen molar-refractivity contribution in [2.45, 2.75) is 0 Å². The van der Waals surface area contributed by atoms with Gasteiger partial charge in [-0.3, -0.25) is 4.79 Å². The van der Waals surface area contributed by atoms with Gasteiger partial charge in [0.05, 0.1) is 24.4 Å². The molecule has 25 heavy (non-hydrogen) atoms. The van der Waals surface area contributed by atoms with Crippen molar-refractivity contribution >= 4 is 11.6 Å². The lowest BCUT2D eigenvalue weighted by atomic mass is 10.1. The second-order valence-electron chi connectivity index (χ2n) is 5.79. The average molecular weight is 339 g/mol. The Kier molecular flexibility index (Phi) is 4.85. The number of piperazine rings is 1. The van der Waals surface area contributed by atoms with Crippen LogP contribution >= 0.6 is 0 Å². The van der Waals surface area contributed by atoms with Crippen LogP contribution in [0.2, 0.25) is 0 Å². The average Bonchev–Trinajstić information content (AvgIpc) is 2.67. The molecule has 0 N–H and O–H groups in total. The lowest BCUT2D eigenvalue weighted by Gasteiger charge is -2.36. The molecule has 3 rings (SSSR count). The van der Waals surface area contributed by atoms with Gasteiger partial charge in [0.15, 0.2) is 0 Å². The molecule has 1 aliphatic rings. The molecule has 0 bridgehead atoms. The van der Waals surface area contributed by atoms with Crippen molar-refractivity contribution < 1.29 is 13.9 Å². The third-order valence-electron chi connectivity index (χ3n) is 4.32. The molecule has 0 atom stereocenters. The van der Waals surface area contributed by atoms with Gasteiger partial charge in [-0.2, -0.15) is 5.26 Å². The van der Waals surface area contributed by atoms with Crippen molar-refractivity contribution in [2.75, 3.05) is 38.2 Å². The van der Waals surface area contributed by atoms with Crippen LogP contribution < -0.4 is 9.64 Å². The minimum Gasteiger partial charge on any atom is -0.497 e. The van der Waals surface area contributed by atoms with Crippen LogP contribution in [0, 0.1) is 17.1 Å². The zero-order valence-electron chi connectivity index (χ0n) is 13.9. The van der Waals surface area contributed by atoms with Crippen LogP contribution in [-0.2, 0) is 0 Å². The van der Waals surface area contributed by atoms with Gasteiger partial charge in [-0.1, -0.05) is 0 Å². The highest BCUT2D eigenvalue weighted by molar-refractivity contribution is 5.94. The molecule has 128 valence electrons. The molecule has 2 aromatic rings. The Labute approximate surface area is 145 Å². The summed E-state index contributed by atoms with van der Waals surface area (Å²) in [5, 5.41) is 8.82. The highest BCUT2D eigenvalue weighted by atomic mass is 19.1. The first kappa shape index (κ1) is 16.8. The summed E-state index contributed by atoms with van der Waals surface area (Å²) in [6, 6.07) is 13.4. The molecule has 0 radical (unpaired) electrons. The number of ether oxygens (including phenoxy) is 1. The van der Waals surface area contributed by atoms with Gasteiger partial charge in [-0.15, -0.1) is 0 Å². The van der Waals surface area contributed by atoms with E-state index in [1.165, 1.54) is 6.07 Å². The highest BCUT2D eigenvalue weighted by Crippen LogP contribution is 2.22. The van der Waals surface area contributed by atoms with Crippen molar-refractivity contribution in [2.24, 2.45) is 0 Å². The zero-order valence-corrected chi connectivity index (χ0v) is 13.9. The molecule has 0 saturated carbocycles. The van der Waals surface area contributed by atoms with E-state index >= 15 is 0 Å². The normalized spacial score (nSPS) is 14.1. The standard InChI is InChI=1S/C19H18FN3O2/c1-25-16-5-3-15(4-6-16)19(24)23-10-8-22(9-11-23)18-7-2-14(13-21)12-17(18)20/h2-7,12H,8-11H2,1H3. The van der Waals surface area contributed by atoms with Gasteiger partial charge in [0.1, 0.15) is 11.6 Å². The molecular weight excluding hydrogens is 321 g/mol. The Morgan fingerprint density at radius 1 is 1.12 bits per heavy atom. The Bertz CT molecular complexity index is 806. The SMILES string of the molecule is COc1ccc(C(=O)N2CCN(c3ccc(C#N)cc3F)CC2)cc1. The van der Waals surface area contributed by atoms with Gasteiger partial charge in [-0.05, 0) is 42.5 Å². The van der Waals surface area contributed by atoms with E-state index in [1.807, 2.05) is 11.0 Å². The molecule has 6 heteroatoms. The van der Waals surface area contributed by atoms with Gasteiger partial charge in [0.25, 0.3) is 5.91 Å². The van der Waals surface area contributed by atoms with Crippen molar-refractivity contribution in [3.05, 3.63) is 59.4 Å². The predicted octanol–water partition coefficient (Wildman–Crippen LogP) is 2.67. The minimum absolute atomic E-state index is 0.0393. The molecule has 0 spiro atoms. The lowest BCUT2D eigenvalue weighted by Crippen LogP contribution is -2.49. The number of nitriles is 1. The Balaban J connectivity index is 1.65. The molecule has 1 aliphatic heterocycles. The van der Waals surface area contributed by atoms with E-state index in [0.29, 0.717) is 48.7 Å². The summed E-state index contributed by atoms with van der Waals surface area (Å²) in [6.07, 6.45) is 0. The number of halogens is 1. The van der Waals surface area contributed by atoms with Crippen LogP contribution in [0.5, 0.6) is 5.75 Å². The van der Waals surface area contributed by atoms with E-state index in [1.54, 1.807) is 48.4 Å². The number of benzene rings is 2. The summed E-state index contributed by atoms with van der Waals surface area (Å²) in [4.78, 5) is 16.2. The molecule has 2 aromatic carbocycles. The zero-order chi connectivity index (χ0) is 17.8. The molecule has 0 aromatic heterocycles. The molecule has 0 unspecified atom stereocenters. The van der Waals surface area contributed by atoms with E-state index in [9.17, 15) is 9.18 Å². The lowest BCUT2D eigenvalue weighted by molar-refractivity contribution is 0.0746. The van der Waals surface area contributed by atoms with Crippen molar-refractivity contribution in [3.8, 4) is 11.8 Å². The number of nitrogens with zero attached hydrogens (tertiary/aromatic N) is 3. The first-order chi connectivity index (χ1) is 12.1. The maximum absolute atomic E-state index is 14.1. The predicted molar refractivity (Wildman–Crippen MR) is 92.2 cm³/mol. The number of carbonyl (C=O) groups is 1. The topological polar surface area (TPSA) is 56.6 Å². The van der Waals surface area contributed by atoms with Crippen LogP contribution in [0.25, 0.3) is 0 Å². The van der Waals surface area contributed by atoms with Crippen LogP contribution in [0.1, 0.15) is 15.9 Å². The van der Waals surface area contributed by atoms with Crippen LogP contribution in [0.3, 0.4) is 0 Å². The molecule has 5 nitrogen and oxygen atoms in total. The number of methoxy groups -OCH3 is 1. The van der Waals surface area contributed by atoms with E-state index in [2.05, 4.69) is 0 Å². The van der Waals surface area contributed by atoms with E-state index in [-0.39, 0.29) is 5.91 Å². The maximum atomic E-state index is 14.1. The fourth-order valence-electron chi connectivity index (χ4n) is 2.90. The summed E-state index contributed by atoms with van der Waals surface area (Å²) in [6.45, 7) is 2.13. The summed E-state index contributed by atoms with van der Waals surface area (Å²) in [5.74, 6) is 0.259. The van der Waals surface area contributed by atoms with Gasteiger partial charge < -0.3 is 14.5 Å².